The van der Waals surface area contributed by atoms with Gasteiger partial charge in [0.2, 0.25) is 0 Å². The molecule has 34 heavy (non-hydrogen) atoms. The van der Waals surface area contributed by atoms with Crippen molar-refractivity contribution in [1.29, 1.82) is 0 Å². The Morgan fingerprint density at radius 3 is 2.59 bits per heavy atom. The molecule has 1 aromatic carbocycles. The third-order valence-corrected chi connectivity index (χ3v) is 7.52. The molecule has 0 radical (unpaired) electrons. The number of imidazole rings is 1. The second-order valence-electron chi connectivity index (χ2n) is 9.24. The predicted octanol–water partition coefficient (Wildman–Crippen LogP) is 5.09. The van der Waals surface area contributed by atoms with E-state index in [-0.39, 0.29) is 5.82 Å². The molecule has 2 aromatic heterocycles. The summed E-state index contributed by atoms with van der Waals surface area (Å²) in [5.41, 5.74) is 1.60. The number of hydrogen-bond donors (Lipinski definition) is 1. The van der Waals surface area contributed by atoms with Gasteiger partial charge in [-0.3, -0.25) is 9.80 Å². The largest absolute Gasteiger partial charge is 0.353 e. The van der Waals surface area contributed by atoms with E-state index in [0.717, 1.165) is 62.8 Å². The maximum atomic E-state index is 14.2. The smallest absolute Gasteiger partial charge is 0.147 e. The summed E-state index contributed by atoms with van der Waals surface area (Å²) in [6.07, 6.45) is 7.53. The first-order valence-corrected chi connectivity index (χ1v) is 12.6. The predicted molar refractivity (Wildman–Crippen MR) is 135 cm³/mol. The van der Waals surface area contributed by atoms with Crippen LogP contribution < -0.4 is 4.90 Å². The highest BCUT2D eigenvalue weighted by atomic mass is 35.5. The molecular weight excluding hydrogens is 474 g/mol. The first kappa shape index (κ1) is 23.5. The van der Waals surface area contributed by atoms with Crippen LogP contribution in [-0.2, 0) is 6.54 Å². The van der Waals surface area contributed by atoms with Gasteiger partial charge >= 0.3 is 0 Å². The highest BCUT2D eigenvalue weighted by Gasteiger charge is 2.32. The molecule has 3 aromatic rings. The number of aromatic amines is 1. The maximum absolute atomic E-state index is 14.2. The molecule has 0 aliphatic carbocycles. The molecule has 1 N–H and O–H groups in total. The van der Waals surface area contributed by atoms with Crippen LogP contribution in [0, 0.1) is 5.82 Å². The van der Waals surface area contributed by atoms with Crippen LogP contribution in [0.3, 0.4) is 0 Å². The molecule has 4 heterocycles. The topological polar surface area (TPSA) is 51.3 Å². The quantitative estimate of drug-likeness (QED) is 0.526. The number of piperazine rings is 1. The lowest BCUT2D eigenvalue weighted by atomic mass is 9.99. The lowest BCUT2D eigenvalue weighted by Crippen LogP contribution is -2.57. The van der Waals surface area contributed by atoms with Gasteiger partial charge in [0.05, 0.1) is 5.02 Å². The number of aromatic nitrogens is 3. The summed E-state index contributed by atoms with van der Waals surface area (Å²) in [6.45, 7) is 7.64. The second kappa shape index (κ2) is 10.2. The van der Waals surface area contributed by atoms with E-state index in [4.69, 9.17) is 23.2 Å². The third kappa shape index (κ3) is 5.08. The molecule has 0 saturated carbocycles. The number of rotatable bonds is 5. The SMILES string of the molecule is CC1CN(c2ncc(-c3ncc[nH]3)cc2Cl)CCN1C1CCN(Cc2ccc(Cl)cc2F)CC1. The summed E-state index contributed by atoms with van der Waals surface area (Å²) >= 11 is 12.5. The van der Waals surface area contributed by atoms with Gasteiger partial charge in [-0.2, -0.15) is 0 Å². The minimum atomic E-state index is -0.219. The van der Waals surface area contributed by atoms with E-state index in [1.54, 1.807) is 24.5 Å². The van der Waals surface area contributed by atoms with Crippen molar-refractivity contribution in [3.63, 3.8) is 0 Å². The van der Waals surface area contributed by atoms with Crippen molar-refractivity contribution >= 4 is 29.0 Å². The Bertz CT molecular complexity index is 1120. The third-order valence-electron chi connectivity index (χ3n) is 7.01. The summed E-state index contributed by atoms with van der Waals surface area (Å²) in [7, 11) is 0. The summed E-state index contributed by atoms with van der Waals surface area (Å²) in [5, 5.41) is 1.09. The molecule has 0 amide bonds. The molecule has 9 heteroatoms. The first-order chi connectivity index (χ1) is 16.5. The molecule has 1 atom stereocenters. The van der Waals surface area contributed by atoms with Crippen molar-refractivity contribution in [2.45, 2.75) is 38.4 Å². The zero-order valence-corrected chi connectivity index (χ0v) is 20.7. The minimum absolute atomic E-state index is 0.219. The van der Waals surface area contributed by atoms with Gasteiger partial charge in [0.25, 0.3) is 0 Å². The summed E-state index contributed by atoms with van der Waals surface area (Å²) < 4.78 is 14.2. The average molecular weight is 503 g/mol. The van der Waals surface area contributed by atoms with Crippen LogP contribution in [0.4, 0.5) is 10.2 Å². The van der Waals surface area contributed by atoms with Crippen molar-refractivity contribution < 1.29 is 4.39 Å². The fourth-order valence-corrected chi connectivity index (χ4v) is 5.67. The number of nitrogens with one attached hydrogen (secondary N) is 1. The molecule has 2 aliphatic rings. The van der Waals surface area contributed by atoms with Gasteiger partial charge in [-0.1, -0.05) is 29.3 Å². The number of nitrogens with zero attached hydrogens (tertiary/aromatic N) is 5. The molecule has 2 fully saturated rings. The van der Waals surface area contributed by atoms with Gasteiger partial charge in [-0.05, 0) is 51.1 Å². The van der Waals surface area contributed by atoms with Crippen molar-refractivity contribution in [2.24, 2.45) is 0 Å². The zero-order chi connectivity index (χ0) is 23.7. The Balaban J connectivity index is 1.16. The van der Waals surface area contributed by atoms with Gasteiger partial charge in [0.15, 0.2) is 0 Å². The van der Waals surface area contributed by atoms with E-state index in [2.05, 4.69) is 36.6 Å². The van der Waals surface area contributed by atoms with Crippen LogP contribution in [0.2, 0.25) is 10.0 Å². The minimum Gasteiger partial charge on any atom is -0.353 e. The molecule has 1 unspecified atom stereocenters. The number of pyridine rings is 1. The van der Waals surface area contributed by atoms with Crippen LogP contribution in [0.5, 0.6) is 0 Å². The fourth-order valence-electron chi connectivity index (χ4n) is 5.22. The van der Waals surface area contributed by atoms with Gasteiger partial charge in [0.1, 0.15) is 17.5 Å². The molecule has 2 saturated heterocycles. The normalized spacial score (nSPS) is 20.7. The van der Waals surface area contributed by atoms with E-state index in [1.807, 2.05) is 12.3 Å². The van der Waals surface area contributed by atoms with Crippen LogP contribution in [0.15, 0.2) is 42.9 Å². The Kier molecular flexibility index (Phi) is 7.06. The molecule has 0 bridgehead atoms. The van der Waals surface area contributed by atoms with Crippen molar-refractivity contribution in [1.82, 2.24) is 24.8 Å². The monoisotopic (exact) mass is 502 g/mol. The van der Waals surface area contributed by atoms with Crippen LogP contribution >= 0.6 is 23.2 Å². The van der Waals surface area contributed by atoms with Crippen LogP contribution in [0.1, 0.15) is 25.3 Å². The number of benzene rings is 1. The van der Waals surface area contributed by atoms with Crippen molar-refractivity contribution in [3.05, 3.63) is 64.3 Å². The summed E-state index contributed by atoms with van der Waals surface area (Å²) in [5.74, 6) is 1.39. The lowest BCUT2D eigenvalue weighted by Gasteiger charge is -2.47. The Labute approximate surface area is 209 Å². The second-order valence-corrected chi connectivity index (χ2v) is 10.1. The van der Waals surface area contributed by atoms with Crippen molar-refractivity contribution in [3.8, 4) is 11.4 Å². The number of halogens is 3. The van der Waals surface area contributed by atoms with Gasteiger partial charge in [-0.25, -0.2) is 14.4 Å². The molecule has 5 rings (SSSR count). The number of hydrogen-bond acceptors (Lipinski definition) is 5. The summed E-state index contributed by atoms with van der Waals surface area (Å²) in [6, 6.07) is 7.84. The Morgan fingerprint density at radius 2 is 1.91 bits per heavy atom. The lowest BCUT2D eigenvalue weighted by molar-refractivity contribution is 0.0687. The van der Waals surface area contributed by atoms with Gasteiger partial charge in [0, 0.05) is 73.0 Å². The number of H-pyrrole nitrogens is 1. The highest BCUT2D eigenvalue weighted by Crippen LogP contribution is 2.30. The molecule has 6 nitrogen and oxygen atoms in total. The van der Waals surface area contributed by atoms with E-state index >= 15 is 0 Å². The van der Waals surface area contributed by atoms with Crippen LogP contribution in [0.25, 0.3) is 11.4 Å². The average Bonchev–Trinajstić information content (AvgIpc) is 3.37. The Hall–Kier alpha value is -2.19. The standard InChI is InChI=1S/C25H29Cl2FN6/c1-17-15-33(25-22(27)12-19(14-31-25)24-29-6-7-30-24)10-11-34(17)21-4-8-32(9-5-21)16-18-2-3-20(26)13-23(18)28/h2-3,6-7,12-14,17,21H,4-5,8-11,15-16H2,1H3,(H,29,30). The molecular formula is C25H29Cl2FN6. The van der Waals surface area contributed by atoms with Gasteiger partial charge in [-0.15, -0.1) is 0 Å². The molecule has 180 valence electrons. The number of anilines is 1. The van der Waals surface area contributed by atoms with E-state index in [1.165, 1.54) is 6.07 Å². The van der Waals surface area contributed by atoms with E-state index < -0.39 is 0 Å². The van der Waals surface area contributed by atoms with E-state index in [9.17, 15) is 4.39 Å². The zero-order valence-electron chi connectivity index (χ0n) is 19.2. The van der Waals surface area contributed by atoms with Gasteiger partial charge < -0.3 is 9.88 Å². The fraction of sp³-hybridized carbons (Fsp3) is 0.440. The number of piperidine rings is 1. The molecule has 2 aliphatic heterocycles. The summed E-state index contributed by atoms with van der Waals surface area (Å²) in [4.78, 5) is 19.3. The Morgan fingerprint density at radius 1 is 1.09 bits per heavy atom. The van der Waals surface area contributed by atoms with E-state index in [0.29, 0.717) is 34.2 Å². The maximum Gasteiger partial charge on any atom is 0.147 e. The molecule has 0 spiro atoms. The number of likely N-dealkylation sites (tertiary alicyclic amines) is 1. The highest BCUT2D eigenvalue weighted by molar-refractivity contribution is 6.33. The van der Waals surface area contributed by atoms with Crippen LogP contribution in [-0.4, -0.2) is 69.6 Å². The van der Waals surface area contributed by atoms with Crippen molar-refractivity contribution in [2.75, 3.05) is 37.6 Å². The first-order valence-electron chi connectivity index (χ1n) is 11.8.